The van der Waals surface area contributed by atoms with Crippen molar-refractivity contribution in [3.63, 3.8) is 0 Å². The van der Waals surface area contributed by atoms with Gasteiger partial charge in [0.1, 0.15) is 5.82 Å². The third kappa shape index (κ3) is 3.46. The highest BCUT2D eigenvalue weighted by atomic mass is 32.2. The van der Waals surface area contributed by atoms with Gasteiger partial charge in [-0.1, -0.05) is 51.3 Å². The lowest BCUT2D eigenvalue weighted by molar-refractivity contribution is 0.368. The number of hydrogen-bond acceptors (Lipinski definition) is 4. The molecule has 2 unspecified atom stereocenters. The van der Waals surface area contributed by atoms with E-state index in [1.54, 1.807) is 11.8 Å². The van der Waals surface area contributed by atoms with Crippen LogP contribution in [0.15, 0.2) is 5.16 Å². The van der Waals surface area contributed by atoms with Crippen molar-refractivity contribution in [2.75, 3.05) is 12.0 Å². The van der Waals surface area contributed by atoms with Crippen LogP contribution in [0, 0.1) is 5.92 Å². The van der Waals surface area contributed by atoms with Crippen LogP contribution in [0.2, 0.25) is 0 Å². The van der Waals surface area contributed by atoms with Gasteiger partial charge in [0.2, 0.25) is 0 Å². The van der Waals surface area contributed by atoms with Crippen LogP contribution in [0.1, 0.15) is 69.5 Å². The van der Waals surface area contributed by atoms with E-state index in [4.69, 9.17) is 10.7 Å². The second-order valence-corrected chi connectivity index (χ2v) is 6.70. The van der Waals surface area contributed by atoms with Crippen molar-refractivity contribution < 1.29 is 0 Å². The number of thioether (sulfide) groups is 1. The number of nitrogens with two attached hydrogens (primary N) is 1. The summed E-state index contributed by atoms with van der Waals surface area (Å²) in [6.45, 7) is 4.63. The molecule has 2 rings (SSSR count). The maximum Gasteiger partial charge on any atom is 0.189 e. The molecule has 0 amide bonds. The first-order valence-electron chi connectivity index (χ1n) is 7.87. The number of fused-ring (bicyclic) bond motifs is 1. The van der Waals surface area contributed by atoms with Crippen LogP contribution in [0.5, 0.6) is 0 Å². The molecule has 3 nitrogen and oxygen atoms in total. The minimum atomic E-state index is 0.562. The Bertz CT molecular complexity index is 448. The molecule has 0 radical (unpaired) electrons. The van der Waals surface area contributed by atoms with Crippen LogP contribution in [-0.4, -0.2) is 16.2 Å². The van der Waals surface area contributed by atoms with E-state index in [9.17, 15) is 0 Å². The molecule has 2 atom stereocenters. The fourth-order valence-electron chi connectivity index (χ4n) is 3.32. The summed E-state index contributed by atoms with van der Waals surface area (Å²) in [5, 5.41) is 0.820. The average Bonchev–Trinajstić information content (AvgIpc) is 2.46. The quantitative estimate of drug-likeness (QED) is 0.479. The molecule has 0 aliphatic heterocycles. The third-order valence-electron chi connectivity index (χ3n) is 4.47. The van der Waals surface area contributed by atoms with Gasteiger partial charge in [0, 0.05) is 5.56 Å². The smallest absolute Gasteiger partial charge is 0.189 e. The Kier molecular flexibility index (Phi) is 5.70. The number of anilines is 1. The van der Waals surface area contributed by atoms with Crippen molar-refractivity contribution in [3.8, 4) is 0 Å². The maximum absolute atomic E-state index is 6.24. The second-order valence-electron chi connectivity index (χ2n) is 5.93. The molecule has 1 aromatic rings. The van der Waals surface area contributed by atoms with E-state index < -0.39 is 0 Å². The van der Waals surface area contributed by atoms with Gasteiger partial charge in [-0.15, -0.1) is 0 Å². The highest BCUT2D eigenvalue weighted by molar-refractivity contribution is 7.98. The highest BCUT2D eigenvalue weighted by Crippen LogP contribution is 2.41. The topological polar surface area (TPSA) is 51.8 Å². The Hall–Kier alpha value is -0.770. The Morgan fingerprint density at radius 2 is 2.15 bits per heavy atom. The van der Waals surface area contributed by atoms with E-state index in [1.807, 2.05) is 6.26 Å². The number of unbranched alkanes of at least 4 members (excludes halogenated alkanes) is 2. The molecule has 112 valence electrons. The number of hydrogen-bond donors (Lipinski definition) is 1. The summed E-state index contributed by atoms with van der Waals surface area (Å²) in [6.07, 6.45) is 10.8. The first-order chi connectivity index (χ1) is 9.67. The van der Waals surface area contributed by atoms with Crippen LogP contribution in [-0.2, 0) is 6.42 Å². The molecular weight excluding hydrogens is 266 g/mol. The van der Waals surface area contributed by atoms with Crippen molar-refractivity contribution >= 4 is 17.6 Å². The minimum absolute atomic E-state index is 0.562. The van der Waals surface area contributed by atoms with Crippen molar-refractivity contribution in [3.05, 3.63) is 11.3 Å². The molecule has 0 bridgehead atoms. The van der Waals surface area contributed by atoms with Gasteiger partial charge in [0.05, 0.1) is 5.69 Å². The summed E-state index contributed by atoms with van der Waals surface area (Å²) < 4.78 is 0. The van der Waals surface area contributed by atoms with Crippen LogP contribution in [0.25, 0.3) is 0 Å². The van der Waals surface area contributed by atoms with Crippen molar-refractivity contribution in [2.45, 2.75) is 69.9 Å². The number of nitrogen functional groups attached to an aromatic ring is 1. The summed E-state index contributed by atoms with van der Waals surface area (Å²) in [5.41, 5.74) is 8.71. The summed E-state index contributed by atoms with van der Waals surface area (Å²) >= 11 is 1.58. The highest BCUT2D eigenvalue weighted by Gasteiger charge is 2.29. The molecule has 2 N–H and O–H groups in total. The van der Waals surface area contributed by atoms with Gasteiger partial charge < -0.3 is 5.73 Å². The second kappa shape index (κ2) is 7.30. The SMILES string of the molecule is CCCCCC(C)C1CCCc2nc(SC)nc(N)c21. The normalized spacial score (nSPS) is 19.6. The first kappa shape index (κ1) is 15.6. The van der Waals surface area contributed by atoms with Crippen LogP contribution < -0.4 is 5.73 Å². The maximum atomic E-state index is 6.24. The standard InChI is InChI=1S/C16H27N3S/c1-4-5-6-8-11(2)12-9-7-10-13-14(12)15(17)19-16(18-13)20-3/h11-12H,4-10H2,1-3H3,(H2,17,18,19). The molecule has 1 heterocycles. The number of aryl methyl sites for hydroxylation is 1. The third-order valence-corrected chi connectivity index (χ3v) is 5.01. The first-order valence-corrected chi connectivity index (χ1v) is 9.10. The number of rotatable bonds is 6. The van der Waals surface area contributed by atoms with Crippen LogP contribution >= 0.6 is 11.8 Å². The Morgan fingerprint density at radius 3 is 2.85 bits per heavy atom. The lowest BCUT2D eigenvalue weighted by atomic mass is 9.76. The molecule has 1 aliphatic rings. The molecule has 0 aromatic carbocycles. The van der Waals surface area contributed by atoms with Gasteiger partial charge in [-0.3, -0.25) is 0 Å². The van der Waals surface area contributed by atoms with Gasteiger partial charge in [-0.25, -0.2) is 9.97 Å². The van der Waals surface area contributed by atoms with Crippen molar-refractivity contribution in [1.29, 1.82) is 0 Å². The molecule has 0 saturated carbocycles. The monoisotopic (exact) mass is 293 g/mol. The van der Waals surface area contributed by atoms with Gasteiger partial charge in [-0.05, 0) is 37.4 Å². The van der Waals surface area contributed by atoms with E-state index in [1.165, 1.54) is 49.8 Å². The zero-order chi connectivity index (χ0) is 14.5. The predicted molar refractivity (Wildman–Crippen MR) is 87.2 cm³/mol. The van der Waals surface area contributed by atoms with E-state index in [0.29, 0.717) is 11.8 Å². The molecule has 0 spiro atoms. The minimum Gasteiger partial charge on any atom is -0.383 e. The van der Waals surface area contributed by atoms with Gasteiger partial charge >= 0.3 is 0 Å². The predicted octanol–water partition coefficient (Wildman–Crippen LogP) is 4.42. The van der Waals surface area contributed by atoms with Crippen molar-refractivity contribution in [2.24, 2.45) is 5.92 Å². The average molecular weight is 293 g/mol. The van der Waals surface area contributed by atoms with Crippen molar-refractivity contribution in [1.82, 2.24) is 9.97 Å². The van der Waals surface area contributed by atoms with E-state index in [-0.39, 0.29) is 0 Å². The Morgan fingerprint density at radius 1 is 1.35 bits per heavy atom. The lowest BCUT2D eigenvalue weighted by Crippen LogP contribution is -2.21. The van der Waals surface area contributed by atoms with E-state index in [0.717, 1.165) is 17.4 Å². The summed E-state index contributed by atoms with van der Waals surface area (Å²) in [4.78, 5) is 9.16. The zero-order valence-corrected chi connectivity index (χ0v) is 13.8. The fraction of sp³-hybridized carbons (Fsp3) is 0.750. The van der Waals surface area contributed by atoms with Crippen LogP contribution in [0.3, 0.4) is 0 Å². The summed E-state index contributed by atoms with van der Waals surface area (Å²) in [5.74, 6) is 1.98. The number of aromatic nitrogens is 2. The molecule has 1 aromatic heterocycles. The molecule has 4 heteroatoms. The van der Waals surface area contributed by atoms with Crippen LogP contribution in [0.4, 0.5) is 5.82 Å². The molecule has 0 saturated heterocycles. The van der Waals surface area contributed by atoms with Gasteiger partial charge in [0.25, 0.3) is 0 Å². The van der Waals surface area contributed by atoms with E-state index in [2.05, 4.69) is 18.8 Å². The molecule has 20 heavy (non-hydrogen) atoms. The lowest BCUT2D eigenvalue weighted by Gasteiger charge is -2.30. The van der Waals surface area contributed by atoms with Gasteiger partial charge in [-0.2, -0.15) is 0 Å². The molecular formula is C16H27N3S. The summed E-state index contributed by atoms with van der Waals surface area (Å²) in [6, 6.07) is 0. The Balaban J connectivity index is 2.19. The summed E-state index contributed by atoms with van der Waals surface area (Å²) in [7, 11) is 0. The molecule has 0 fully saturated rings. The fourth-order valence-corrected chi connectivity index (χ4v) is 3.71. The number of nitrogens with zero attached hydrogens (tertiary/aromatic N) is 2. The van der Waals surface area contributed by atoms with E-state index >= 15 is 0 Å². The Labute approximate surface area is 127 Å². The largest absolute Gasteiger partial charge is 0.383 e. The van der Waals surface area contributed by atoms with Gasteiger partial charge in [0.15, 0.2) is 5.16 Å². The molecule has 1 aliphatic carbocycles. The zero-order valence-electron chi connectivity index (χ0n) is 13.0.